The molecule has 0 aromatic heterocycles. The first-order valence-electron chi connectivity index (χ1n) is 20.7. The Balaban J connectivity index is 0.00000151. The van der Waals surface area contributed by atoms with E-state index in [1.165, 1.54) is 90.0 Å². The quantitative estimate of drug-likeness (QED) is 0.126. The van der Waals surface area contributed by atoms with Gasteiger partial charge in [-0.3, -0.25) is 0 Å². The van der Waals surface area contributed by atoms with Gasteiger partial charge in [0.05, 0.1) is 6.10 Å². The number of fused-ring (bicyclic) bond motifs is 6. The van der Waals surface area contributed by atoms with Crippen LogP contribution in [0.25, 0.3) is 0 Å². The molecule has 0 radical (unpaired) electrons. The van der Waals surface area contributed by atoms with Crippen LogP contribution in [-0.2, 0) is 13.1 Å². The Labute approximate surface area is 315 Å². The molecule has 0 aromatic carbocycles. The average Bonchev–Trinajstić information content (AvgIpc) is 3.45. The molecule has 6 aliphatic rings. The molecule has 7 nitrogen and oxygen atoms in total. The summed E-state index contributed by atoms with van der Waals surface area (Å²) in [5.41, 5.74) is 1.03. The molecule has 0 amide bonds. The minimum absolute atomic E-state index is 0.00694. The van der Waals surface area contributed by atoms with Crippen LogP contribution in [0.4, 0.5) is 0 Å². The first kappa shape index (κ1) is 41.0. The van der Waals surface area contributed by atoms with Crippen molar-refractivity contribution < 1.29 is 18.2 Å². The zero-order chi connectivity index (χ0) is 34.7. The van der Waals surface area contributed by atoms with Gasteiger partial charge in [-0.05, 0) is 143 Å². The standard InChI is InChI=1S/C39H74N6O.2ClH.Mn/c1-28(33-12-13-34-32-11-10-29-25-31(46)14-16-38(29,2)35(32)15-17-39(33,34)3)26-42-18-6-7-30-27-45-37-9-5-4-8-36(37)44-24-22-41-20-19-40-21-23-43-30;;;/h28-37,40-46H,4-27H2,1-3H3;2*1H;/q;;;+2/p-2/t28-,29?,30-,31+,32?,33+,34?,35?,36+,37+,38-,39+;;;/m0.../s1. The Morgan fingerprint density at radius 1 is 0.776 bits per heavy atom. The third-order valence-corrected chi connectivity index (χ3v) is 15.1. The third-order valence-electron chi connectivity index (χ3n) is 15.1. The zero-order valence-electron chi connectivity index (χ0n) is 31.3. The summed E-state index contributed by atoms with van der Waals surface area (Å²) in [6.45, 7) is 17.7. The van der Waals surface area contributed by atoms with Crippen LogP contribution in [-0.4, -0.2) is 88.2 Å². The van der Waals surface area contributed by atoms with Gasteiger partial charge < -0.3 is 37.0 Å². The van der Waals surface area contributed by atoms with Crippen molar-refractivity contribution in [3.8, 4) is 0 Å². The summed E-state index contributed by atoms with van der Waals surface area (Å²) in [6, 6.07) is 1.77. The fourth-order valence-electron chi connectivity index (χ4n) is 12.5. The number of aliphatic hydroxyl groups is 1. The van der Waals surface area contributed by atoms with Crippen LogP contribution >= 0.6 is 20.2 Å². The Morgan fingerprint density at radius 3 is 2.18 bits per heavy atom. The number of rotatable bonds is 7. The second kappa shape index (κ2) is 20.5. The van der Waals surface area contributed by atoms with E-state index >= 15 is 0 Å². The first-order valence-corrected chi connectivity index (χ1v) is 23.9. The van der Waals surface area contributed by atoms with Crippen molar-refractivity contribution in [1.29, 1.82) is 0 Å². The number of nitrogens with one attached hydrogen (secondary N) is 6. The Hall–Kier alpha value is 0.819. The second-order valence-corrected chi connectivity index (χ2v) is 19.7. The molecule has 1 saturated heterocycles. The third kappa shape index (κ3) is 10.7. The summed E-state index contributed by atoms with van der Waals surface area (Å²) in [4.78, 5) is 0. The molecule has 12 atom stereocenters. The van der Waals surface area contributed by atoms with Crippen molar-refractivity contribution in [1.82, 2.24) is 31.9 Å². The molecule has 5 saturated carbocycles. The van der Waals surface area contributed by atoms with Crippen LogP contribution in [0.2, 0.25) is 0 Å². The van der Waals surface area contributed by atoms with E-state index in [-0.39, 0.29) is 19.2 Å². The van der Waals surface area contributed by atoms with Crippen molar-refractivity contribution >= 4 is 20.2 Å². The molecule has 7 N–H and O–H groups in total. The van der Waals surface area contributed by atoms with E-state index in [0.29, 0.717) is 29.0 Å². The predicted molar refractivity (Wildman–Crippen MR) is 204 cm³/mol. The summed E-state index contributed by atoms with van der Waals surface area (Å²) >= 11 is 0.00694. The van der Waals surface area contributed by atoms with Gasteiger partial charge in [-0.1, -0.05) is 33.6 Å². The summed E-state index contributed by atoms with van der Waals surface area (Å²) in [7, 11) is 9.59. The van der Waals surface area contributed by atoms with Crippen LogP contribution in [0.15, 0.2) is 0 Å². The average molecular weight is 769 g/mol. The summed E-state index contributed by atoms with van der Waals surface area (Å²) in [5.74, 6) is 5.20. The van der Waals surface area contributed by atoms with Crippen molar-refractivity contribution in [3.63, 3.8) is 0 Å². The molecule has 49 heavy (non-hydrogen) atoms. The van der Waals surface area contributed by atoms with Crippen molar-refractivity contribution in [3.05, 3.63) is 0 Å². The maximum atomic E-state index is 10.4. The number of hydrogen-bond acceptors (Lipinski definition) is 7. The molecule has 10 heteroatoms. The number of aliphatic hydroxyl groups excluding tert-OH is 1. The molecule has 5 aliphatic carbocycles. The summed E-state index contributed by atoms with van der Waals surface area (Å²) < 4.78 is 0. The van der Waals surface area contributed by atoms with Gasteiger partial charge in [0, 0.05) is 63.9 Å². The molecule has 1 heterocycles. The molecule has 0 bridgehead atoms. The fraction of sp³-hybridized carbons (Fsp3) is 1.00. The second-order valence-electron chi connectivity index (χ2n) is 17.7. The molecular formula is C39H74Cl2MnN6O. The van der Waals surface area contributed by atoms with Gasteiger partial charge in [-0.15, -0.1) is 0 Å². The zero-order valence-corrected chi connectivity index (χ0v) is 34.0. The Kier molecular flexibility index (Phi) is 17.1. The molecule has 0 aromatic rings. The maximum absolute atomic E-state index is 10.4. The first-order chi connectivity index (χ1) is 23.8. The van der Waals surface area contributed by atoms with Crippen LogP contribution in [0.1, 0.15) is 117 Å². The normalized spacial score (nSPS) is 42.9. The van der Waals surface area contributed by atoms with Gasteiger partial charge in [-0.2, -0.15) is 0 Å². The van der Waals surface area contributed by atoms with Gasteiger partial charge in [0.15, 0.2) is 0 Å². The SMILES string of the molecule is C[C@@H](CNCCC[C@H]1CN[C@@H]2CCCC[C@H]2NCCNCCNCCN1)[C@H]1CCC2C3CCC4C[C@H](O)CC[C@]4(C)C3CC[C@@]21C.[Cl][Mn][Cl]. The van der Waals surface area contributed by atoms with Crippen LogP contribution in [0.5, 0.6) is 0 Å². The topological polar surface area (TPSA) is 92.4 Å². The summed E-state index contributed by atoms with van der Waals surface area (Å²) in [5, 5.41) is 33.3. The molecule has 4 unspecified atom stereocenters. The molecular weight excluding hydrogens is 694 g/mol. The van der Waals surface area contributed by atoms with Crippen LogP contribution in [0.3, 0.4) is 0 Å². The molecule has 287 valence electrons. The van der Waals surface area contributed by atoms with E-state index in [4.69, 9.17) is 20.2 Å². The van der Waals surface area contributed by atoms with Gasteiger partial charge >= 0.3 is 33.3 Å². The van der Waals surface area contributed by atoms with E-state index in [9.17, 15) is 5.11 Å². The van der Waals surface area contributed by atoms with Crippen molar-refractivity contribution in [2.75, 3.05) is 58.9 Å². The molecule has 6 rings (SSSR count). The Bertz CT molecular complexity index is 955. The van der Waals surface area contributed by atoms with E-state index in [1.54, 1.807) is 0 Å². The number of halogens is 2. The van der Waals surface area contributed by atoms with Crippen molar-refractivity contribution in [2.45, 2.75) is 141 Å². The van der Waals surface area contributed by atoms with E-state index < -0.39 is 0 Å². The van der Waals surface area contributed by atoms with E-state index in [1.807, 2.05) is 0 Å². The van der Waals surface area contributed by atoms with E-state index in [2.05, 4.69) is 52.7 Å². The molecule has 1 aliphatic heterocycles. The minimum atomic E-state index is -0.0308. The number of hydrogen-bond donors (Lipinski definition) is 7. The van der Waals surface area contributed by atoms with Gasteiger partial charge in [-0.25, -0.2) is 0 Å². The Morgan fingerprint density at radius 2 is 1.43 bits per heavy atom. The van der Waals surface area contributed by atoms with Gasteiger partial charge in [0.2, 0.25) is 0 Å². The molecule has 0 spiro atoms. The molecule has 6 fully saturated rings. The van der Waals surface area contributed by atoms with Gasteiger partial charge in [0.25, 0.3) is 0 Å². The van der Waals surface area contributed by atoms with Gasteiger partial charge in [0.1, 0.15) is 0 Å². The monoisotopic (exact) mass is 767 g/mol. The van der Waals surface area contributed by atoms with Crippen LogP contribution < -0.4 is 31.9 Å². The summed E-state index contributed by atoms with van der Waals surface area (Å²) in [6.07, 6.45) is 19.8. The van der Waals surface area contributed by atoms with E-state index in [0.717, 1.165) is 101 Å². The fourth-order valence-corrected chi connectivity index (χ4v) is 12.5. The van der Waals surface area contributed by atoms with Crippen molar-refractivity contribution in [2.24, 2.45) is 46.3 Å². The predicted octanol–water partition coefficient (Wildman–Crippen LogP) is 6.03. The van der Waals surface area contributed by atoms with Crippen LogP contribution in [0, 0.1) is 46.3 Å².